The largest absolute Gasteiger partial charge is 0.347 e. The molecule has 3 fully saturated rings. The lowest BCUT2D eigenvalue weighted by atomic mass is 9.94. The molecular weight excluding hydrogens is 298 g/mol. The Labute approximate surface area is 134 Å². The van der Waals surface area contributed by atoms with Crippen LogP contribution in [0.25, 0.3) is 0 Å². The maximum absolute atomic E-state index is 12.6. The first kappa shape index (κ1) is 15.5. The van der Waals surface area contributed by atoms with Crippen LogP contribution in [0.1, 0.15) is 23.5 Å². The number of amides is 3. The van der Waals surface area contributed by atoms with E-state index in [-0.39, 0.29) is 42.1 Å². The Hall–Kier alpha value is -2.38. The number of imidazole rings is 1. The zero-order valence-electron chi connectivity index (χ0n) is 13.4. The summed E-state index contributed by atoms with van der Waals surface area (Å²) >= 11 is 0. The van der Waals surface area contributed by atoms with Crippen molar-refractivity contribution in [2.75, 3.05) is 33.7 Å². The van der Waals surface area contributed by atoms with Crippen molar-refractivity contribution in [2.24, 2.45) is 5.92 Å². The number of likely N-dealkylation sites (N-methyl/N-ethyl adjacent to an activating group) is 1. The fraction of sp³-hybridized carbons (Fsp3) is 0.600. The van der Waals surface area contributed by atoms with Gasteiger partial charge in [-0.1, -0.05) is 0 Å². The van der Waals surface area contributed by atoms with Gasteiger partial charge >= 0.3 is 0 Å². The minimum atomic E-state index is -0.234. The van der Waals surface area contributed by atoms with Crippen LogP contribution in [0.15, 0.2) is 12.4 Å². The summed E-state index contributed by atoms with van der Waals surface area (Å²) in [6.07, 6.45) is 4.72. The number of nitrogens with zero attached hydrogens (tertiary/aromatic N) is 4. The molecule has 124 valence electrons. The summed E-state index contributed by atoms with van der Waals surface area (Å²) in [5.74, 6) is -0.265. The number of carbonyl (C=O) groups is 3. The highest BCUT2D eigenvalue weighted by molar-refractivity contribution is 5.92. The molecule has 1 N–H and O–H groups in total. The van der Waals surface area contributed by atoms with Crippen LogP contribution < -0.4 is 0 Å². The van der Waals surface area contributed by atoms with E-state index in [1.54, 1.807) is 30.1 Å². The molecule has 4 heterocycles. The van der Waals surface area contributed by atoms with Gasteiger partial charge in [-0.25, -0.2) is 4.98 Å². The first-order valence-electron chi connectivity index (χ1n) is 7.76. The van der Waals surface area contributed by atoms with E-state index in [0.29, 0.717) is 13.1 Å². The topological polar surface area (TPSA) is 89.6 Å². The van der Waals surface area contributed by atoms with Gasteiger partial charge in [0.25, 0.3) is 5.91 Å². The number of H-pyrrole nitrogens is 1. The minimum absolute atomic E-state index is 0.0220. The second-order valence-electron chi connectivity index (χ2n) is 6.33. The summed E-state index contributed by atoms with van der Waals surface area (Å²) in [5.41, 5.74) is 0. The van der Waals surface area contributed by atoms with Crippen LogP contribution in [-0.4, -0.2) is 82.2 Å². The Kier molecular flexibility index (Phi) is 4.06. The molecule has 1 aromatic rings. The highest BCUT2D eigenvalue weighted by atomic mass is 16.2. The zero-order chi connectivity index (χ0) is 16.6. The second kappa shape index (κ2) is 6.02. The molecule has 0 unspecified atom stereocenters. The van der Waals surface area contributed by atoms with Gasteiger partial charge in [-0.2, -0.15) is 0 Å². The van der Waals surface area contributed by atoms with E-state index in [0.717, 1.165) is 12.8 Å². The summed E-state index contributed by atoms with van der Waals surface area (Å²) in [6, 6.07) is -0.107. The Balaban J connectivity index is 1.78. The van der Waals surface area contributed by atoms with Crippen LogP contribution in [-0.2, 0) is 9.59 Å². The average molecular weight is 319 g/mol. The van der Waals surface area contributed by atoms with Crippen molar-refractivity contribution in [3.8, 4) is 0 Å². The number of fused-ring (bicyclic) bond motifs is 4. The number of carbonyl (C=O) groups excluding carboxylic acids is 3. The van der Waals surface area contributed by atoms with Crippen molar-refractivity contribution < 1.29 is 14.4 Å². The number of piperidine rings is 1. The summed E-state index contributed by atoms with van der Waals surface area (Å²) in [5, 5.41) is 0. The van der Waals surface area contributed by atoms with E-state index >= 15 is 0 Å². The molecule has 23 heavy (non-hydrogen) atoms. The maximum Gasteiger partial charge on any atom is 0.289 e. The molecule has 8 nitrogen and oxygen atoms in total. The molecule has 1 aromatic heterocycles. The van der Waals surface area contributed by atoms with Gasteiger partial charge in [0.15, 0.2) is 5.82 Å². The van der Waals surface area contributed by atoms with Gasteiger partial charge in [-0.05, 0) is 12.8 Å². The van der Waals surface area contributed by atoms with Crippen molar-refractivity contribution in [1.82, 2.24) is 24.7 Å². The van der Waals surface area contributed by atoms with Gasteiger partial charge in [-0.15, -0.1) is 0 Å². The summed E-state index contributed by atoms with van der Waals surface area (Å²) in [4.78, 5) is 48.7. The lowest BCUT2D eigenvalue weighted by molar-refractivity contribution is -0.145. The van der Waals surface area contributed by atoms with Crippen LogP contribution in [0.2, 0.25) is 0 Å². The van der Waals surface area contributed by atoms with Gasteiger partial charge < -0.3 is 19.7 Å². The van der Waals surface area contributed by atoms with Crippen molar-refractivity contribution in [1.29, 1.82) is 0 Å². The van der Waals surface area contributed by atoms with E-state index < -0.39 is 0 Å². The smallest absolute Gasteiger partial charge is 0.289 e. The third-order valence-electron chi connectivity index (χ3n) is 4.59. The molecule has 2 atom stereocenters. The summed E-state index contributed by atoms with van der Waals surface area (Å²) in [6.45, 7) is 0.916. The molecular formula is C15H21N5O3. The number of rotatable bonds is 3. The molecule has 0 saturated carbocycles. The minimum Gasteiger partial charge on any atom is -0.347 e. The number of hydrogen-bond acceptors (Lipinski definition) is 4. The van der Waals surface area contributed by atoms with Crippen molar-refractivity contribution in [2.45, 2.75) is 18.9 Å². The molecule has 3 amide bonds. The number of nitrogens with one attached hydrogen (secondary N) is 1. The van der Waals surface area contributed by atoms with Crippen molar-refractivity contribution in [3.05, 3.63) is 18.2 Å². The van der Waals surface area contributed by atoms with Crippen LogP contribution in [0.5, 0.6) is 0 Å². The van der Waals surface area contributed by atoms with E-state index in [9.17, 15) is 14.4 Å². The van der Waals surface area contributed by atoms with Gasteiger partial charge in [0.05, 0.1) is 5.92 Å². The van der Waals surface area contributed by atoms with Gasteiger partial charge in [0, 0.05) is 45.6 Å². The summed E-state index contributed by atoms with van der Waals surface area (Å²) in [7, 11) is 3.35. The molecule has 3 aliphatic rings. The third-order valence-corrected chi connectivity index (χ3v) is 4.59. The van der Waals surface area contributed by atoms with E-state index in [2.05, 4.69) is 9.97 Å². The van der Waals surface area contributed by atoms with E-state index in [4.69, 9.17) is 0 Å². The Morgan fingerprint density at radius 2 is 2.13 bits per heavy atom. The van der Waals surface area contributed by atoms with Crippen LogP contribution in [0.3, 0.4) is 0 Å². The lowest BCUT2D eigenvalue weighted by Gasteiger charge is -2.35. The first-order chi connectivity index (χ1) is 11.0. The van der Waals surface area contributed by atoms with Gasteiger partial charge in [-0.3, -0.25) is 14.4 Å². The predicted octanol–water partition coefficient (Wildman–Crippen LogP) is -0.439. The fourth-order valence-electron chi connectivity index (χ4n) is 3.23. The monoisotopic (exact) mass is 319 g/mol. The SMILES string of the molecule is CN(C)C(=O)CN1C(=O)[C@@H]2CC[C@H]1CN(C(=O)c1ncc[nH]1)C2. The van der Waals surface area contributed by atoms with E-state index in [1.165, 1.54) is 11.1 Å². The molecule has 0 radical (unpaired) electrons. The molecule has 0 aromatic carbocycles. The van der Waals surface area contributed by atoms with Gasteiger partial charge in [0.1, 0.15) is 6.54 Å². The normalized spacial score (nSPS) is 23.8. The Bertz CT molecular complexity index is 613. The number of aromatic amines is 1. The molecule has 3 saturated heterocycles. The fourth-order valence-corrected chi connectivity index (χ4v) is 3.23. The maximum atomic E-state index is 12.6. The summed E-state index contributed by atoms with van der Waals surface area (Å²) < 4.78 is 0. The van der Waals surface area contributed by atoms with Crippen LogP contribution >= 0.6 is 0 Å². The number of aromatic nitrogens is 2. The lowest BCUT2D eigenvalue weighted by Crippen LogP contribution is -2.51. The Morgan fingerprint density at radius 1 is 1.35 bits per heavy atom. The molecule has 2 bridgehead atoms. The van der Waals surface area contributed by atoms with Crippen LogP contribution in [0, 0.1) is 5.92 Å². The standard InChI is InChI=1S/C15H21N5O3/c1-18(2)12(21)9-20-11-4-3-10(14(20)22)7-19(8-11)15(23)13-16-5-6-17-13/h5-6,10-11H,3-4,7-9H2,1-2H3,(H,16,17)/t10-,11+/m1/s1. The first-order valence-corrected chi connectivity index (χ1v) is 7.76. The van der Waals surface area contributed by atoms with E-state index in [1.807, 2.05) is 0 Å². The van der Waals surface area contributed by atoms with Crippen molar-refractivity contribution in [3.63, 3.8) is 0 Å². The molecule has 8 heteroatoms. The number of hydrogen-bond donors (Lipinski definition) is 1. The molecule has 0 aliphatic carbocycles. The highest BCUT2D eigenvalue weighted by Gasteiger charge is 2.43. The molecule has 3 aliphatic heterocycles. The highest BCUT2D eigenvalue weighted by Crippen LogP contribution is 2.29. The van der Waals surface area contributed by atoms with Crippen molar-refractivity contribution >= 4 is 17.7 Å². The molecule has 0 spiro atoms. The average Bonchev–Trinajstić information content (AvgIpc) is 2.92. The molecule has 4 rings (SSSR count). The Morgan fingerprint density at radius 3 is 2.78 bits per heavy atom. The third kappa shape index (κ3) is 2.93. The predicted molar refractivity (Wildman–Crippen MR) is 81.4 cm³/mol. The van der Waals surface area contributed by atoms with Gasteiger partial charge in [0.2, 0.25) is 11.8 Å². The quantitative estimate of drug-likeness (QED) is 0.818. The zero-order valence-corrected chi connectivity index (χ0v) is 13.4. The second-order valence-corrected chi connectivity index (χ2v) is 6.33. The van der Waals surface area contributed by atoms with Crippen LogP contribution in [0.4, 0.5) is 0 Å².